The van der Waals surface area contributed by atoms with Gasteiger partial charge in [0.2, 0.25) is 10.0 Å². The number of nitro benzene ring substituents is 1. The van der Waals surface area contributed by atoms with Crippen molar-refractivity contribution in [3.63, 3.8) is 0 Å². The lowest BCUT2D eigenvalue weighted by Gasteiger charge is -2.18. The number of urea groups is 1. The third-order valence-electron chi connectivity index (χ3n) is 4.62. The van der Waals surface area contributed by atoms with E-state index < -0.39 is 21.0 Å². The molecule has 0 aromatic heterocycles. The number of nitrogens with one attached hydrogen (secondary N) is 3. The molecule has 160 valence electrons. The molecule has 1 aliphatic rings. The summed E-state index contributed by atoms with van der Waals surface area (Å²) < 4.78 is 26.8. The van der Waals surface area contributed by atoms with E-state index in [9.17, 15) is 23.3 Å². The zero-order valence-electron chi connectivity index (χ0n) is 16.2. The number of hydrogen-bond donors (Lipinski definition) is 3. The van der Waals surface area contributed by atoms with Gasteiger partial charge in [-0.1, -0.05) is 12.1 Å². The van der Waals surface area contributed by atoms with Crippen LogP contribution in [0, 0.1) is 10.1 Å². The fourth-order valence-corrected chi connectivity index (χ4v) is 4.21. The van der Waals surface area contributed by atoms with Gasteiger partial charge in [-0.25, -0.2) is 17.9 Å². The number of rotatable bonds is 8. The first-order valence-corrected chi connectivity index (χ1v) is 11.0. The minimum absolute atomic E-state index is 0.0474. The van der Waals surface area contributed by atoms with E-state index in [-0.39, 0.29) is 23.7 Å². The molecule has 1 heterocycles. The molecule has 3 N–H and O–H groups in total. The number of nitro groups is 1. The Kier molecular flexibility index (Phi) is 6.85. The SMILES string of the molecule is O=C(NCCNS(=O)(=O)c1cccc([N+](=O)[O-])c1)Nc1cccc(N2CCCC2)c1. The summed E-state index contributed by atoms with van der Waals surface area (Å²) in [6.07, 6.45) is 2.31. The van der Waals surface area contributed by atoms with Crippen molar-refractivity contribution in [1.82, 2.24) is 10.0 Å². The highest BCUT2D eigenvalue weighted by Gasteiger charge is 2.17. The molecule has 0 unspecified atom stereocenters. The Morgan fingerprint density at radius 2 is 1.80 bits per heavy atom. The van der Waals surface area contributed by atoms with E-state index in [1.807, 2.05) is 18.2 Å². The number of anilines is 2. The number of non-ortho nitro benzene ring substituents is 1. The summed E-state index contributed by atoms with van der Waals surface area (Å²) in [5.74, 6) is 0. The molecule has 3 rings (SSSR count). The van der Waals surface area contributed by atoms with Gasteiger partial charge < -0.3 is 15.5 Å². The molecule has 2 aromatic rings. The lowest BCUT2D eigenvalue weighted by atomic mass is 10.2. The maximum Gasteiger partial charge on any atom is 0.319 e. The van der Waals surface area contributed by atoms with Gasteiger partial charge in [0.1, 0.15) is 0 Å². The summed E-state index contributed by atoms with van der Waals surface area (Å²) in [4.78, 5) is 24.2. The third-order valence-corrected chi connectivity index (χ3v) is 6.08. The second-order valence-electron chi connectivity index (χ2n) is 6.78. The van der Waals surface area contributed by atoms with Gasteiger partial charge in [-0.05, 0) is 37.1 Å². The lowest BCUT2D eigenvalue weighted by Crippen LogP contribution is -2.36. The van der Waals surface area contributed by atoms with Crippen molar-refractivity contribution in [2.45, 2.75) is 17.7 Å². The van der Waals surface area contributed by atoms with Crippen LogP contribution < -0.4 is 20.3 Å². The number of hydrogen-bond acceptors (Lipinski definition) is 6. The number of benzene rings is 2. The van der Waals surface area contributed by atoms with E-state index in [0.717, 1.165) is 37.7 Å². The maximum atomic E-state index is 12.2. The van der Waals surface area contributed by atoms with Crippen molar-refractivity contribution in [3.05, 3.63) is 58.6 Å². The van der Waals surface area contributed by atoms with Crippen LogP contribution in [0.3, 0.4) is 0 Å². The van der Waals surface area contributed by atoms with Crippen LogP contribution in [0.25, 0.3) is 0 Å². The van der Waals surface area contributed by atoms with Crippen LogP contribution in [0.2, 0.25) is 0 Å². The van der Waals surface area contributed by atoms with Crippen LogP contribution in [-0.2, 0) is 10.0 Å². The molecule has 0 bridgehead atoms. The lowest BCUT2D eigenvalue weighted by molar-refractivity contribution is -0.385. The van der Waals surface area contributed by atoms with Crippen molar-refractivity contribution < 1.29 is 18.1 Å². The first-order chi connectivity index (χ1) is 14.3. The Hall–Kier alpha value is -3.18. The van der Waals surface area contributed by atoms with Gasteiger partial charge in [0, 0.05) is 49.7 Å². The van der Waals surface area contributed by atoms with Crippen molar-refractivity contribution in [1.29, 1.82) is 0 Å². The van der Waals surface area contributed by atoms with Gasteiger partial charge >= 0.3 is 6.03 Å². The average molecular weight is 433 g/mol. The molecule has 30 heavy (non-hydrogen) atoms. The maximum absolute atomic E-state index is 12.2. The van der Waals surface area contributed by atoms with Crippen LogP contribution in [0.15, 0.2) is 53.4 Å². The largest absolute Gasteiger partial charge is 0.371 e. The minimum Gasteiger partial charge on any atom is -0.371 e. The molecular weight excluding hydrogens is 410 g/mol. The summed E-state index contributed by atoms with van der Waals surface area (Å²) >= 11 is 0. The molecule has 0 radical (unpaired) electrons. The molecular formula is C19H23N5O5S. The Balaban J connectivity index is 1.47. The van der Waals surface area contributed by atoms with E-state index >= 15 is 0 Å². The van der Waals surface area contributed by atoms with Gasteiger partial charge in [-0.2, -0.15) is 0 Å². The summed E-state index contributed by atoms with van der Waals surface area (Å²) in [5.41, 5.74) is 1.38. The molecule has 2 aromatic carbocycles. The second kappa shape index (κ2) is 9.55. The van der Waals surface area contributed by atoms with E-state index in [1.54, 1.807) is 6.07 Å². The number of nitrogens with zero attached hydrogens (tertiary/aromatic N) is 2. The molecule has 10 nitrogen and oxygen atoms in total. The molecule has 1 fully saturated rings. The van der Waals surface area contributed by atoms with Crippen molar-refractivity contribution in [2.24, 2.45) is 0 Å². The van der Waals surface area contributed by atoms with Crippen LogP contribution in [0.1, 0.15) is 12.8 Å². The van der Waals surface area contributed by atoms with Crippen molar-refractivity contribution >= 4 is 33.1 Å². The van der Waals surface area contributed by atoms with Crippen LogP contribution >= 0.6 is 0 Å². The van der Waals surface area contributed by atoms with E-state index in [2.05, 4.69) is 20.3 Å². The van der Waals surface area contributed by atoms with Gasteiger partial charge in [0.15, 0.2) is 0 Å². The fourth-order valence-electron chi connectivity index (χ4n) is 3.14. The van der Waals surface area contributed by atoms with Crippen LogP contribution in [-0.4, -0.2) is 45.6 Å². The zero-order chi connectivity index (χ0) is 21.6. The van der Waals surface area contributed by atoms with Crippen molar-refractivity contribution in [3.8, 4) is 0 Å². The predicted molar refractivity (Wildman–Crippen MR) is 113 cm³/mol. The van der Waals surface area contributed by atoms with Gasteiger partial charge in [-0.15, -0.1) is 0 Å². The van der Waals surface area contributed by atoms with Gasteiger partial charge in [0.25, 0.3) is 5.69 Å². The molecule has 0 aliphatic carbocycles. The number of carbonyl (C=O) groups excluding carboxylic acids is 1. The Morgan fingerprint density at radius 3 is 2.53 bits per heavy atom. The second-order valence-corrected chi connectivity index (χ2v) is 8.54. The standard InChI is InChI=1S/C19H23N5O5S/c25-19(22-15-5-3-6-16(13-15)23-11-1-2-12-23)20-9-10-21-30(28,29)18-8-4-7-17(14-18)24(26)27/h3-8,13-14,21H,1-2,9-12H2,(H2,20,22,25). The zero-order valence-corrected chi connectivity index (χ0v) is 17.0. The number of carbonyl (C=O) groups is 1. The third kappa shape index (κ3) is 5.67. The highest BCUT2D eigenvalue weighted by Crippen LogP contribution is 2.23. The normalized spacial score (nSPS) is 13.8. The molecule has 2 amide bonds. The molecule has 0 spiro atoms. The predicted octanol–water partition coefficient (Wildman–Crippen LogP) is 2.29. The van der Waals surface area contributed by atoms with Crippen molar-refractivity contribution in [2.75, 3.05) is 36.4 Å². The molecule has 1 saturated heterocycles. The average Bonchev–Trinajstić information content (AvgIpc) is 3.26. The Bertz CT molecular complexity index is 1020. The Morgan fingerprint density at radius 1 is 1.07 bits per heavy atom. The number of sulfonamides is 1. The fraction of sp³-hybridized carbons (Fsp3) is 0.316. The smallest absolute Gasteiger partial charge is 0.319 e. The Labute approximate surface area is 174 Å². The van der Waals surface area contributed by atoms with Crippen LogP contribution in [0.4, 0.5) is 21.9 Å². The number of amides is 2. The highest BCUT2D eigenvalue weighted by atomic mass is 32.2. The van der Waals surface area contributed by atoms with E-state index in [1.165, 1.54) is 18.2 Å². The summed E-state index contributed by atoms with van der Waals surface area (Å²) in [5, 5.41) is 16.1. The summed E-state index contributed by atoms with van der Waals surface area (Å²) in [6.45, 7) is 1.98. The summed E-state index contributed by atoms with van der Waals surface area (Å²) in [7, 11) is -3.92. The van der Waals surface area contributed by atoms with E-state index in [0.29, 0.717) is 5.69 Å². The van der Waals surface area contributed by atoms with E-state index in [4.69, 9.17) is 0 Å². The quantitative estimate of drug-likeness (QED) is 0.332. The molecule has 11 heteroatoms. The van der Waals surface area contributed by atoms with Crippen LogP contribution in [0.5, 0.6) is 0 Å². The van der Waals surface area contributed by atoms with Gasteiger partial charge in [0.05, 0.1) is 9.82 Å². The topological polar surface area (TPSA) is 134 Å². The minimum atomic E-state index is -3.92. The molecule has 0 atom stereocenters. The molecule has 0 saturated carbocycles. The first kappa shape index (κ1) is 21.5. The first-order valence-electron chi connectivity index (χ1n) is 9.49. The molecule has 1 aliphatic heterocycles. The summed E-state index contributed by atoms with van der Waals surface area (Å²) in [6, 6.07) is 11.9. The highest BCUT2D eigenvalue weighted by molar-refractivity contribution is 7.89. The monoisotopic (exact) mass is 433 g/mol. The van der Waals surface area contributed by atoms with Gasteiger partial charge in [-0.3, -0.25) is 10.1 Å².